The summed E-state index contributed by atoms with van der Waals surface area (Å²) in [5, 5.41) is 11.1. The van der Waals surface area contributed by atoms with Crippen molar-refractivity contribution in [2.45, 2.75) is 25.8 Å². The van der Waals surface area contributed by atoms with Crippen molar-refractivity contribution < 1.29 is 9.18 Å². The number of carbonyl (C=O) groups is 1. The number of hydrogen-bond acceptors (Lipinski definition) is 3. The van der Waals surface area contributed by atoms with E-state index in [0.29, 0.717) is 27.8 Å². The number of aromatic amines is 1. The molecule has 2 heterocycles. The Kier molecular flexibility index (Phi) is 4.12. The highest BCUT2D eigenvalue weighted by molar-refractivity contribution is 5.98. The monoisotopic (exact) mass is 386 g/mol. The smallest absolute Gasteiger partial charge is 0.251 e. The SMILES string of the molecule is Cc1ccc(C(=O)NC2CC2)cc1-c1cc2[nH]nc(-c3ccncc3)c2cc1F. The molecule has 4 aromatic rings. The number of amides is 1. The molecule has 2 aromatic carbocycles. The van der Waals surface area contributed by atoms with Crippen molar-refractivity contribution in [3.8, 4) is 22.4 Å². The van der Waals surface area contributed by atoms with Crippen molar-refractivity contribution in [3.63, 3.8) is 0 Å². The minimum Gasteiger partial charge on any atom is -0.349 e. The number of nitrogens with one attached hydrogen (secondary N) is 2. The highest BCUT2D eigenvalue weighted by atomic mass is 19.1. The van der Waals surface area contributed by atoms with Gasteiger partial charge in [-0.05, 0) is 67.3 Å². The maximum absolute atomic E-state index is 15.2. The zero-order valence-corrected chi connectivity index (χ0v) is 15.9. The number of aromatic nitrogens is 3. The predicted octanol–water partition coefficient (Wildman–Crippen LogP) is 4.63. The van der Waals surface area contributed by atoms with Gasteiger partial charge in [-0.2, -0.15) is 5.10 Å². The Morgan fingerprint density at radius 1 is 1.10 bits per heavy atom. The van der Waals surface area contributed by atoms with Gasteiger partial charge in [-0.25, -0.2) is 4.39 Å². The maximum Gasteiger partial charge on any atom is 0.251 e. The van der Waals surface area contributed by atoms with Crippen LogP contribution in [-0.4, -0.2) is 27.1 Å². The Morgan fingerprint density at radius 3 is 2.66 bits per heavy atom. The highest BCUT2D eigenvalue weighted by Gasteiger charge is 2.24. The molecule has 0 unspecified atom stereocenters. The van der Waals surface area contributed by atoms with Crippen LogP contribution in [0.5, 0.6) is 0 Å². The highest BCUT2D eigenvalue weighted by Crippen LogP contribution is 2.34. The van der Waals surface area contributed by atoms with Crippen molar-refractivity contribution in [1.82, 2.24) is 20.5 Å². The van der Waals surface area contributed by atoms with E-state index in [0.717, 1.165) is 29.5 Å². The quantitative estimate of drug-likeness (QED) is 0.537. The van der Waals surface area contributed by atoms with E-state index in [1.54, 1.807) is 30.6 Å². The average Bonchev–Trinajstić information content (AvgIpc) is 3.45. The summed E-state index contributed by atoms with van der Waals surface area (Å²) in [6.45, 7) is 1.91. The fraction of sp³-hybridized carbons (Fsp3) is 0.174. The molecule has 144 valence electrons. The number of aryl methyl sites for hydroxylation is 1. The summed E-state index contributed by atoms with van der Waals surface area (Å²) in [4.78, 5) is 16.4. The number of carbonyl (C=O) groups excluding carboxylic acids is 1. The Labute approximate surface area is 167 Å². The average molecular weight is 386 g/mol. The van der Waals surface area contributed by atoms with Gasteiger partial charge in [-0.15, -0.1) is 0 Å². The lowest BCUT2D eigenvalue weighted by molar-refractivity contribution is 0.0951. The molecular formula is C23H19FN4O. The lowest BCUT2D eigenvalue weighted by atomic mass is 9.96. The van der Waals surface area contributed by atoms with Crippen molar-refractivity contribution in [2.24, 2.45) is 0 Å². The molecule has 2 aromatic heterocycles. The van der Waals surface area contributed by atoms with Gasteiger partial charge in [-0.1, -0.05) is 6.07 Å². The Morgan fingerprint density at radius 2 is 1.90 bits per heavy atom. The van der Waals surface area contributed by atoms with E-state index in [4.69, 9.17) is 0 Å². The topological polar surface area (TPSA) is 70.7 Å². The summed E-state index contributed by atoms with van der Waals surface area (Å²) in [6.07, 6.45) is 5.41. The van der Waals surface area contributed by atoms with E-state index in [-0.39, 0.29) is 17.8 Å². The van der Waals surface area contributed by atoms with E-state index in [1.807, 2.05) is 25.1 Å². The first-order valence-corrected chi connectivity index (χ1v) is 9.60. The zero-order chi connectivity index (χ0) is 20.0. The molecule has 0 radical (unpaired) electrons. The standard InChI is InChI=1S/C23H19FN4O/c1-13-2-3-15(23(29)26-16-4-5-16)10-17(13)18-12-21-19(11-20(18)24)22(28-27-21)14-6-8-25-9-7-14/h2-3,6-12,16H,4-5H2,1H3,(H,26,29)(H,27,28). The molecule has 5 rings (SSSR count). The van der Waals surface area contributed by atoms with Crippen LogP contribution in [0.2, 0.25) is 0 Å². The summed E-state index contributed by atoms with van der Waals surface area (Å²) < 4.78 is 15.2. The number of fused-ring (bicyclic) bond motifs is 1. The minimum atomic E-state index is -0.350. The number of H-pyrrole nitrogens is 1. The van der Waals surface area contributed by atoms with E-state index in [1.165, 1.54) is 6.07 Å². The summed E-state index contributed by atoms with van der Waals surface area (Å²) in [6, 6.07) is 12.6. The van der Waals surface area contributed by atoms with Gasteiger partial charge in [0, 0.05) is 40.5 Å². The minimum absolute atomic E-state index is 0.114. The molecule has 1 aliphatic carbocycles. The van der Waals surface area contributed by atoms with Gasteiger partial charge < -0.3 is 5.32 Å². The molecule has 0 aliphatic heterocycles. The number of halogens is 1. The molecule has 5 nitrogen and oxygen atoms in total. The summed E-state index contributed by atoms with van der Waals surface area (Å²) in [5.74, 6) is -0.464. The first-order valence-electron chi connectivity index (χ1n) is 9.60. The van der Waals surface area contributed by atoms with Gasteiger partial charge in [-0.3, -0.25) is 14.9 Å². The Hall–Kier alpha value is -3.54. The van der Waals surface area contributed by atoms with Gasteiger partial charge in [0.25, 0.3) is 5.91 Å². The molecule has 1 amide bonds. The van der Waals surface area contributed by atoms with Crippen LogP contribution in [0.3, 0.4) is 0 Å². The van der Waals surface area contributed by atoms with E-state index < -0.39 is 0 Å². The number of hydrogen-bond donors (Lipinski definition) is 2. The summed E-state index contributed by atoms with van der Waals surface area (Å²) in [5.41, 5.74) is 4.88. The molecule has 0 bridgehead atoms. The molecule has 6 heteroatoms. The summed E-state index contributed by atoms with van der Waals surface area (Å²) >= 11 is 0. The normalized spacial score (nSPS) is 13.6. The van der Waals surface area contributed by atoms with Crippen LogP contribution in [0, 0.1) is 12.7 Å². The molecule has 0 atom stereocenters. The fourth-order valence-electron chi connectivity index (χ4n) is 3.52. The first kappa shape index (κ1) is 17.6. The van der Waals surface area contributed by atoms with Crippen molar-refractivity contribution in [3.05, 3.63) is 71.8 Å². The predicted molar refractivity (Wildman–Crippen MR) is 110 cm³/mol. The molecule has 0 spiro atoms. The maximum atomic E-state index is 15.2. The van der Waals surface area contributed by atoms with E-state index >= 15 is 4.39 Å². The van der Waals surface area contributed by atoms with Crippen LogP contribution in [0.15, 0.2) is 54.9 Å². The van der Waals surface area contributed by atoms with Gasteiger partial charge in [0.05, 0.1) is 5.52 Å². The van der Waals surface area contributed by atoms with Crippen LogP contribution in [0.25, 0.3) is 33.3 Å². The molecule has 1 aliphatic rings. The van der Waals surface area contributed by atoms with Crippen molar-refractivity contribution >= 4 is 16.8 Å². The third-order valence-electron chi connectivity index (χ3n) is 5.31. The fourth-order valence-corrected chi connectivity index (χ4v) is 3.52. The number of benzene rings is 2. The second-order valence-corrected chi connectivity index (χ2v) is 7.46. The lowest BCUT2D eigenvalue weighted by Gasteiger charge is -2.11. The van der Waals surface area contributed by atoms with Crippen LogP contribution < -0.4 is 5.32 Å². The molecule has 0 saturated heterocycles. The molecule has 29 heavy (non-hydrogen) atoms. The lowest BCUT2D eigenvalue weighted by Crippen LogP contribution is -2.25. The van der Waals surface area contributed by atoms with Crippen molar-refractivity contribution in [2.75, 3.05) is 0 Å². The van der Waals surface area contributed by atoms with Gasteiger partial charge in [0.15, 0.2) is 0 Å². The van der Waals surface area contributed by atoms with E-state index in [9.17, 15) is 4.79 Å². The second-order valence-electron chi connectivity index (χ2n) is 7.46. The molecule has 1 saturated carbocycles. The number of nitrogens with zero attached hydrogens (tertiary/aromatic N) is 2. The Balaban J connectivity index is 1.58. The van der Waals surface area contributed by atoms with Crippen molar-refractivity contribution in [1.29, 1.82) is 0 Å². The summed E-state index contributed by atoms with van der Waals surface area (Å²) in [7, 11) is 0. The first-order chi connectivity index (χ1) is 14.1. The van der Waals surface area contributed by atoms with E-state index in [2.05, 4.69) is 20.5 Å². The number of pyridine rings is 1. The zero-order valence-electron chi connectivity index (χ0n) is 15.9. The van der Waals surface area contributed by atoms with Crippen LogP contribution in [0.4, 0.5) is 4.39 Å². The second kappa shape index (κ2) is 6.81. The van der Waals surface area contributed by atoms with Crippen LogP contribution in [0.1, 0.15) is 28.8 Å². The van der Waals surface area contributed by atoms with Crippen LogP contribution >= 0.6 is 0 Å². The van der Waals surface area contributed by atoms with Gasteiger partial charge in [0.2, 0.25) is 0 Å². The van der Waals surface area contributed by atoms with Crippen LogP contribution in [-0.2, 0) is 0 Å². The number of rotatable bonds is 4. The largest absolute Gasteiger partial charge is 0.349 e. The molecule has 2 N–H and O–H groups in total. The molecular weight excluding hydrogens is 367 g/mol. The van der Waals surface area contributed by atoms with Gasteiger partial charge in [0.1, 0.15) is 11.5 Å². The Bertz CT molecular complexity index is 1230. The van der Waals surface area contributed by atoms with Gasteiger partial charge >= 0.3 is 0 Å². The third-order valence-corrected chi connectivity index (χ3v) is 5.31. The third kappa shape index (κ3) is 3.27. The molecule has 1 fully saturated rings.